The second-order valence-electron chi connectivity index (χ2n) is 4.64. The number of piperazine rings is 1. The summed E-state index contributed by atoms with van der Waals surface area (Å²) in [4.78, 5) is 23.1. The van der Waals surface area contributed by atoms with E-state index < -0.39 is 22.2 Å². The molecule has 0 bridgehead atoms. The summed E-state index contributed by atoms with van der Waals surface area (Å²) in [6.45, 7) is 1.99. The van der Waals surface area contributed by atoms with Crippen molar-refractivity contribution >= 4 is 22.2 Å². The Bertz CT molecular complexity index is 640. The number of amides is 2. The van der Waals surface area contributed by atoms with Crippen molar-refractivity contribution in [3.05, 3.63) is 29.3 Å². The van der Waals surface area contributed by atoms with E-state index in [1.165, 1.54) is 22.5 Å². The van der Waals surface area contributed by atoms with Gasteiger partial charge in [0.05, 0.1) is 24.2 Å². The summed E-state index contributed by atoms with van der Waals surface area (Å²) < 4.78 is 26.3. The predicted octanol–water partition coefficient (Wildman–Crippen LogP) is -0.621. The van der Waals surface area contributed by atoms with Gasteiger partial charge in [0, 0.05) is 19.2 Å². The van der Waals surface area contributed by atoms with Gasteiger partial charge in [0.2, 0.25) is 0 Å². The van der Waals surface area contributed by atoms with E-state index in [1.54, 1.807) is 0 Å². The van der Waals surface area contributed by atoms with E-state index in [1.807, 2.05) is 0 Å². The molecule has 2 aliphatic heterocycles. The fourth-order valence-electron chi connectivity index (χ4n) is 2.34. The molecule has 1 unspecified atom stereocenters. The summed E-state index contributed by atoms with van der Waals surface area (Å²) in [6.07, 6.45) is 0. The zero-order valence-corrected chi connectivity index (χ0v) is 11.4. The van der Waals surface area contributed by atoms with Gasteiger partial charge in [-0.2, -0.15) is 0 Å². The van der Waals surface area contributed by atoms with E-state index in [-0.39, 0.29) is 16.0 Å². The number of imide groups is 1. The Morgan fingerprint density at radius 3 is 2.45 bits per heavy atom. The number of carbonyl (C=O) groups is 2. The van der Waals surface area contributed by atoms with Crippen molar-refractivity contribution in [3.8, 4) is 0 Å². The first-order valence-corrected chi connectivity index (χ1v) is 7.65. The summed E-state index contributed by atoms with van der Waals surface area (Å²) in [6, 6.07) is 4.02. The fourth-order valence-corrected chi connectivity index (χ4v) is 3.81. The van der Waals surface area contributed by atoms with Gasteiger partial charge in [0.15, 0.2) is 15.3 Å². The first kappa shape index (κ1) is 13.4. The van der Waals surface area contributed by atoms with E-state index in [9.17, 15) is 18.4 Å². The Balaban J connectivity index is 1.98. The number of nitrogens with zero attached hydrogens (tertiary/aromatic N) is 1. The summed E-state index contributed by atoms with van der Waals surface area (Å²) in [5.41, 5.74) is 0.334. The molecule has 1 atom stereocenters. The van der Waals surface area contributed by atoms with Gasteiger partial charge in [-0.25, -0.2) is 0 Å². The summed E-state index contributed by atoms with van der Waals surface area (Å²) in [5.74, 6) is -1.04. The molecule has 8 heteroatoms. The third-order valence-corrected chi connectivity index (χ3v) is 5.32. The number of nitrogens with one attached hydrogen (secondary N) is 2. The topological polar surface area (TPSA) is 102 Å². The average molecular weight is 295 g/mol. The number of rotatable bonds is 2. The smallest absolute Gasteiger partial charge is 0.259 e. The van der Waals surface area contributed by atoms with Crippen LogP contribution < -0.4 is 10.6 Å². The Labute approximate surface area is 116 Å². The Kier molecular flexibility index (Phi) is 3.17. The lowest BCUT2D eigenvalue weighted by atomic mass is 10.1. The number of sulfonamides is 1. The van der Waals surface area contributed by atoms with Gasteiger partial charge >= 0.3 is 0 Å². The highest BCUT2D eigenvalue weighted by Gasteiger charge is 2.34. The Hall–Kier alpha value is -1.61. The van der Waals surface area contributed by atoms with Crippen molar-refractivity contribution in [1.29, 1.82) is 0 Å². The molecule has 2 heterocycles. The molecule has 1 aromatic rings. The van der Waals surface area contributed by atoms with Crippen molar-refractivity contribution in [1.82, 2.24) is 14.9 Å². The molecule has 3 rings (SSSR count). The van der Waals surface area contributed by atoms with Gasteiger partial charge in [0.25, 0.3) is 11.8 Å². The van der Waals surface area contributed by atoms with Crippen molar-refractivity contribution in [2.75, 3.05) is 26.2 Å². The van der Waals surface area contributed by atoms with Crippen LogP contribution in [0.25, 0.3) is 0 Å². The molecular formula is C12H13N3O4S. The van der Waals surface area contributed by atoms with Crippen LogP contribution in [0.5, 0.6) is 0 Å². The molecule has 0 aliphatic carbocycles. The molecule has 0 saturated carbocycles. The van der Waals surface area contributed by atoms with E-state index in [4.69, 9.17) is 0 Å². The zero-order valence-electron chi connectivity index (χ0n) is 10.5. The second-order valence-corrected chi connectivity index (χ2v) is 6.58. The van der Waals surface area contributed by atoms with Crippen LogP contribution in [-0.2, 0) is 14.6 Å². The van der Waals surface area contributed by atoms with Gasteiger partial charge in [-0.05, 0) is 12.1 Å². The SMILES string of the molecule is O=C1NC(=O)c2cc([S+](=O)([O-])N3CCNCC3)ccc21. The van der Waals surface area contributed by atoms with E-state index >= 15 is 0 Å². The molecule has 0 aromatic heterocycles. The van der Waals surface area contributed by atoms with Crippen LogP contribution in [0.2, 0.25) is 0 Å². The molecule has 1 saturated heterocycles. The van der Waals surface area contributed by atoms with Crippen molar-refractivity contribution in [3.63, 3.8) is 0 Å². The minimum atomic E-state index is -3.62. The van der Waals surface area contributed by atoms with Crippen LogP contribution in [0.15, 0.2) is 23.1 Å². The fraction of sp³-hybridized carbons (Fsp3) is 0.333. The lowest BCUT2D eigenvalue weighted by molar-refractivity contribution is 0.0879. The average Bonchev–Trinajstić information content (AvgIpc) is 2.75. The molecule has 2 aliphatic rings. The van der Waals surface area contributed by atoms with Crippen molar-refractivity contribution < 1.29 is 18.4 Å². The maximum Gasteiger partial charge on any atom is 0.259 e. The minimum absolute atomic E-state index is 0.0444. The monoisotopic (exact) mass is 295 g/mol. The number of carbonyl (C=O) groups excluding carboxylic acids is 2. The molecule has 106 valence electrons. The van der Waals surface area contributed by atoms with Crippen LogP contribution in [-0.4, -0.2) is 46.9 Å². The van der Waals surface area contributed by atoms with Crippen LogP contribution in [0.4, 0.5) is 0 Å². The molecule has 1 aromatic carbocycles. The third kappa shape index (κ3) is 2.06. The second kappa shape index (κ2) is 4.74. The third-order valence-electron chi connectivity index (χ3n) is 3.42. The number of hydrogen-bond donors (Lipinski definition) is 2. The van der Waals surface area contributed by atoms with Crippen LogP contribution in [0.1, 0.15) is 20.7 Å². The lowest BCUT2D eigenvalue weighted by Gasteiger charge is -2.30. The molecule has 0 radical (unpaired) electrons. The van der Waals surface area contributed by atoms with Gasteiger partial charge in [-0.3, -0.25) is 14.9 Å². The molecule has 0 spiro atoms. The van der Waals surface area contributed by atoms with Gasteiger partial charge in [-0.1, -0.05) is 4.21 Å². The van der Waals surface area contributed by atoms with Gasteiger partial charge in [0.1, 0.15) is 0 Å². The molecule has 20 heavy (non-hydrogen) atoms. The van der Waals surface area contributed by atoms with Gasteiger partial charge < -0.3 is 9.87 Å². The highest BCUT2D eigenvalue weighted by Crippen LogP contribution is 2.26. The summed E-state index contributed by atoms with van der Waals surface area (Å²) >= 11 is 0. The number of fused-ring (bicyclic) bond motifs is 1. The quantitative estimate of drug-likeness (QED) is 0.559. The largest absolute Gasteiger partial charge is 0.593 e. The number of benzene rings is 1. The maximum atomic E-state index is 12.5. The van der Waals surface area contributed by atoms with E-state index in [0.717, 1.165) is 0 Å². The molecule has 1 fully saturated rings. The van der Waals surface area contributed by atoms with Crippen LogP contribution in [0.3, 0.4) is 0 Å². The van der Waals surface area contributed by atoms with Gasteiger partial charge in [-0.15, -0.1) is 4.31 Å². The summed E-state index contributed by atoms with van der Waals surface area (Å²) in [7, 11) is -3.62. The molecule has 2 N–H and O–H groups in total. The first-order chi connectivity index (χ1) is 9.50. The predicted molar refractivity (Wildman–Crippen MR) is 69.8 cm³/mol. The maximum absolute atomic E-state index is 12.5. The Morgan fingerprint density at radius 1 is 1.10 bits per heavy atom. The summed E-state index contributed by atoms with van der Waals surface area (Å²) in [5, 5.41) is 5.22. The van der Waals surface area contributed by atoms with Crippen molar-refractivity contribution in [2.45, 2.75) is 4.90 Å². The highest BCUT2D eigenvalue weighted by molar-refractivity contribution is 7.95. The zero-order chi connectivity index (χ0) is 14.3. The Morgan fingerprint density at radius 2 is 1.75 bits per heavy atom. The van der Waals surface area contributed by atoms with Crippen LogP contribution >= 0.6 is 0 Å². The molecule has 2 amide bonds. The minimum Gasteiger partial charge on any atom is -0.593 e. The molecular weight excluding hydrogens is 282 g/mol. The first-order valence-electron chi connectivity index (χ1n) is 6.21. The lowest BCUT2D eigenvalue weighted by Crippen LogP contribution is -2.48. The highest BCUT2D eigenvalue weighted by atomic mass is 32.3. The normalized spacial score (nSPS) is 22.2. The van der Waals surface area contributed by atoms with Crippen molar-refractivity contribution in [2.24, 2.45) is 0 Å². The number of hydrogen-bond acceptors (Lipinski definition) is 5. The van der Waals surface area contributed by atoms with E-state index in [0.29, 0.717) is 26.2 Å². The van der Waals surface area contributed by atoms with E-state index in [2.05, 4.69) is 10.6 Å². The standard InChI is InChI=1S/C12H13N3O4S/c16-11-9-2-1-8(7-10(9)12(17)14-11)20(18,19)15-5-3-13-4-6-15/h1-2,7,13H,3-6H2,(H-,14,16,17,18,19). The van der Waals surface area contributed by atoms with Crippen LogP contribution in [0, 0.1) is 0 Å². The molecule has 7 nitrogen and oxygen atoms in total.